The molecule has 1 N–H and O–H groups in total. The van der Waals surface area contributed by atoms with Crippen molar-refractivity contribution in [3.8, 4) is 11.4 Å². The Morgan fingerprint density at radius 1 is 1.29 bits per heavy atom. The van der Waals surface area contributed by atoms with Gasteiger partial charge in [-0.1, -0.05) is 11.8 Å². The Kier molecular flexibility index (Phi) is 5.41. The summed E-state index contributed by atoms with van der Waals surface area (Å²) < 4.78 is 6.85. The average Bonchev–Trinajstić information content (AvgIpc) is 3.10. The second kappa shape index (κ2) is 7.97. The van der Waals surface area contributed by atoms with Crippen LogP contribution in [-0.4, -0.2) is 35.4 Å². The van der Waals surface area contributed by atoms with Gasteiger partial charge < -0.3 is 10.1 Å². The van der Waals surface area contributed by atoms with E-state index in [1.165, 1.54) is 16.6 Å². The normalized spacial score (nSPS) is 13.4. The molecule has 8 heteroatoms. The van der Waals surface area contributed by atoms with Crippen LogP contribution in [0.1, 0.15) is 23.3 Å². The van der Waals surface area contributed by atoms with Gasteiger partial charge in [-0.3, -0.25) is 14.2 Å². The highest BCUT2D eigenvalue weighted by molar-refractivity contribution is 7.99. The van der Waals surface area contributed by atoms with E-state index in [-0.39, 0.29) is 17.2 Å². The van der Waals surface area contributed by atoms with Crippen LogP contribution in [0, 0.1) is 0 Å². The Bertz CT molecular complexity index is 1090. The number of hydrogen-bond acceptors (Lipinski definition) is 6. The minimum atomic E-state index is -0.105. The van der Waals surface area contributed by atoms with Gasteiger partial charge in [-0.2, -0.15) is 0 Å². The smallest absolute Gasteiger partial charge is 0.267 e. The quantitative estimate of drug-likeness (QED) is 0.512. The van der Waals surface area contributed by atoms with Gasteiger partial charge in [0.1, 0.15) is 10.6 Å². The van der Waals surface area contributed by atoms with Crippen molar-refractivity contribution in [3.63, 3.8) is 0 Å². The third kappa shape index (κ3) is 3.42. The van der Waals surface area contributed by atoms with E-state index in [0.29, 0.717) is 5.16 Å². The summed E-state index contributed by atoms with van der Waals surface area (Å²) in [6.07, 6.45) is 4.21. The molecule has 0 radical (unpaired) electrons. The SMILES string of the molecule is CNC(=O)CSc1nc2sc3c(c2c(=O)n1-c1ccc(OC)cc1)CCCC3. The van der Waals surface area contributed by atoms with Crippen LogP contribution >= 0.6 is 23.1 Å². The number of rotatable bonds is 5. The van der Waals surface area contributed by atoms with Crippen LogP contribution in [0.5, 0.6) is 5.75 Å². The van der Waals surface area contributed by atoms with Crippen molar-refractivity contribution in [1.29, 1.82) is 0 Å². The highest BCUT2D eigenvalue weighted by Gasteiger charge is 2.23. The molecule has 3 aromatic rings. The van der Waals surface area contributed by atoms with E-state index in [1.807, 2.05) is 24.3 Å². The second-order valence-corrected chi connectivity index (χ2v) is 8.61. The standard InChI is InChI=1S/C20H21N3O3S2/c1-21-16(24)11-27-20-22-18-17(14-5-3-4-6-15(14)28-18)19(25)23(20)12-7-9-13(26-2)10-8-12/h7-10H,3-6,11H2,1-2H3,(H,21,24). The number of thiophene rings is 1. The van der Waals surface area contributed by atoms with Crippen molar-refractivity contribution < 1.29 is 9.53 Å². The number of aryl methyl sites for hydroxylation is 2. The van der Waals surface area contributed by atoms with Crippen LogP contribution in [-0.2, 0) is 17.6 Å². The summed E-state index contributed by atoms with van der Waals surface area (Å²) in [6, 6.07) is 7.33. The monoisotopic (exact) mass is 415 g/mol. The molecule has 0 atom stereocenters. The number of thioether (sulfide) groups is 1. The van der Waals surface area contributed by atoms with E-state index < -0.39 is 0 Å². The molecule has 2 heterocycles. The Hall–Kier alpha value is -2.32. The van der Waals surface area contributed by atoms with Crippen molar-refractivity contribution >= 4 is 39.2 Å². The molecule has 0 saturated heterocycles. The molecule has 1 aliphatic rings. The van der Waals surface area contributed by atoms with Crippen LogP contribution in [0.4, 0.5) is 0 Å². The van der Waals surface area contributed by atoms with Crippen LogP contribution in [0.15, 0.2) is 34.2 Å². The van der Waals surface area contributed by atoms with Gasteiger partial charge >= 0.3 is 0 Å². The number of hydrogen-bond donors (Lipinski definition) is 1. The highest BCUT2D eigenvalue weighted by Crippen LogP contribution is 2.35. The number of fused-ring (bicyclic) bond motifs is 3. The van der Waals surface area contributed by atoms with Crippen LogP contribution < -0.4 is 15.6 Å². The summed E-state index contributed by atoms with van der Waals surface area (Å²) in [4.78, 5) is 32.2. The van der Waals surface area contributed by atoms with Gasteiger partial charge in [0.05, 0.1) is 23.9 Å². The van der Waals surface area contributed by atoms with Gasteiger partial charge in [0.25, 0.3) is 5.56 Å². The Morgan fingerprint density at radius 2 is 2.04 bits per heavy atom. The van der Waals surface area contributed by atoms with E-state index in [0.717, 1.165) is 52.9 Å². The van der Waals surface area contributed by atoms with E-state index in [4.69, 9.17) is 9.72 Å². The topological polar surface area (TPSA) is 73.2 Å². The molecule has 4 rings (SSSR count). The number of aromatic nitrogens is 2. The molecule has 1 aliphatic carbocycles. The lowest BCUT2D eigenvalue weighted by Crippen LogP contribution is -2.24. The zero-order valence-electron chi connectivity index (χ0n) is 15.8. The second-order valence-electron chi connectivity index (χ2n) is 6.59. The Morgan fingerprint density at radius 3 is 2.75 bits per heavy atom. The maximum atomic E-state index is 13.5. The van der Waals surface area contributed by atoms with E-state index in [1.54, 1.807) is 30.1 Å². The third-order valence-electron chi connectivity index (χ3n) is 4.90. The van der Waals surface area contributed by atoms with Gasteiger partial charge in [-0.05, 0) is 55.5 Å². The molecule has 6 nitrogen and oxygen atoms in total. The lowest BCUT2D eigenvalue weighted by Gasteiger charge is -2.14. The Balaban J connectivity index is 1.90. The largest absolute Gasteiger partial charge is 0.497 e. The fourth-order valence-electron chi connectivity index (χ4n) is 3.44. The summed E-state index contributed by atoms with van der Waals surface area (Å²) in [7, 11) is 3.21. The summed E-state index contributed by atoms with van der Waals surface area (Å²) >= 11 is 2.89. The Labute approximate surface area is 170 Å². The predicted octanol–water partition coefficient (Wildman–Crippen LogP) is 3.17. The number of carbonyl (C=O) groups is 1. The first kappa shape index (κ1) is 19.0. The number of amides is 1. The van der Waals surface area contributed by atoms with Crippen LogP contribution in [0.3, 0.4) is 0 Å². The zero-order chi connectivity index (χ0) is 19.7. The first-order valence-corrected chi connectivity index (χ1v) is 11.0. The zero-order valence-corrected chi connectivity index (χ0v) is 17.4. The van der Waals surface area contributed by atoms with E-state index in [2.05, 4.69) is 5.32 Å². The first-order chi connectivity index (χ1) is 13.6. The molecule has 1 aromatic carbocycles. The number of nitrogens with one attached hydrogen (secondary N) is 1. The van der Waals surface area contributed by atoms with Crippen molar-refractivity contribution in [2.75, 3.05) is 19.9 Å². The van der Waals surface area contributed by atoms with E-state index >= 15 is 0 Å². The fraction of sp³-hybridized carbons (Fsp3) is 0.350. The average molecular weight is 416 g/mol. The van der Waals surface area contributed by atoms with Gasteiger partial charge in [-0.15, -0.1) is 11.3 Å². The van der Waals surface area contributed by atoms with Crippen molar-refractivity contribution in [1.82, 2.24) is 14.9 Å². The summed E-state index contributed by atoms with van der Waals surface area (Å²) in [5.74, 6) is 0.819. The molecule has 28 heavy (non-hydrogen) atoms. The van der Waals surface area contributed by atoms with E-state index in [9.17, 15) is 9.59 Å². The molecule has 0 aliphatic heterocycles. The van der Waals surface area contributed by atoms with Crippen molar-refractivity contribution in [2.24, 2.45) is 0 Å². The number of ether oxygens (including phenoxy) is 1. The first-order valence-electron chi connectivity index (χ1n) is 9.17. The fourth-order valence-corrected chi connectivity index (χ4v) is 5.63. The molecular weight excluding hydrogens is 394 g/mol. The number of nitrogens with zero attached hydrogens (tertiary/aromatic N) is 2. The number of carbonyl (C=O) groups excluding carboxylic acids is 1. The minimum absolute atomic E-state index is 0.0611. The lowest BCUT2D eigenvalue weighted by atomic mass is 9.97. The molecule has 0 spiro atoms. The van der Waals surface area contributed by atoms with Gasteiger partial charge in [-0.25, -0.2) is 4.98 Å². The summed E-state index contributed by atoms with van der Waals surface area (Å²) in [5, 5.41) is 3.88. The molecule has 0 bridgehead atoms. The van der Waals surface area contributed by atoms with Crippen molar-refractivity contribution in [2.45, 2.75) is 30.8 Å². The highest BCUT2D eigenvalue weighted by atomic mass is 32.2. The molecule has 146 valence electrons. The predicted molar refractivity (Wildman–Crippen MR) is 113 cm³/mol. The maximum Gasteiger partial charge on any atom is 0.267 e. The van der Waals surface area contributed by atoms with Gasteiger partial charge in [0.15, 0.2) is 5.16 Å². The molecule has 0 fully saturated rings. The maximum absolute atomic E-state index is 13.5. The molecular formula is C20H21N3O3S2. The molecule has 1 amide bonds. The minimum Gasteiger partial charge on any atom is -0.497 e. The molecule has 2 aromatic heterocycles. The summed E-state index contributed by atoms with van der Waals surface area (Å²) in [5.41, 5.74) is 1.82. The van der Waals surface area contributed by atoms with Crippen LogP contribution in [0.2, 0.25) is 0 Å². The molecule has 0 saturated carbocycles. The number of benzene rings is 1. The number of methoxy groups -OCH3 is 1. The lowest BCUT2D eigenvalue weighted by molar-refractivity contribution is -0.118. The van der Waals surface area contributed by atoms with Crippen LogP contribution in [0.25, 0.3) is 15.9 Å². The summed E-state index contributed by atoms with van der Waals surface area (Å²) in [6.45, 7) is 0. The van der Waals surface area contributed by atoms with Gasteiger partial charge in [0.2, 0.25) is 5.91 Å². The third-order valence-corrected chi connectivity index (χ3v) is 7.02. The van der Waals surface area contributed by atoms with Crippen molar-refractivity contribution in [3.05, 3.63) is 45.1 Å². The molecule has 0 unspecified atom stereocenters. The van der Waals surface area contributed by atoms with Gasteiger partial charge in [0, 0.05) is 11.9 Å².